The number of methoxy groups -OCH3 is 1. The third-order valence-corrected chi connectivity index (χ3v) is 6.60. The van der Waals surface area contributed by atoms with E-state index in [0.29, 0.717) is 23.7 Å². The summed E-state index contributed by atoms with van der Waals surface area (Å²) in [5, 5.41) is 13.6. The van der Waals surface area contributed by atoms with Crippen LogP contribution in [0.15, 0.2) is 66.0 Å². The van der Waals surface area contributed by atoms with Gasteiger partial charge in [0.2, 0.25) is 11.8 Å². The van der Waals surface area contributed by atoms with Gasteiger partial charge in [0.05, 0.1) is 12.1 Å². The Balaban J connectivity index is 1.69. The van der Waals surface area contributed by atoms with Gasteiger partial charge in [-0.15, -0.1) is 16.4 Å². The summed E-state index contributed by atoms with van der Waals surface area (Å²) in [7, 11) is 1.57. The standard InChI is InChI=1S/C24H24ClN5O3S/c1-33-13-12-26-24(32)23(21-11-6-14-34-21)29(15-17-7-2-3-8-18(17)25)22(31)16-30-20-10-5-4-9-19(20)27-28-30/h2-11,14,23H,12-13,15-16H2,1H3,(H,26,32). The van der Waals surface area contributed by atoms with Crippen LogP contribution in [0.1, 0.15) is 16.5 Å². The molecule has 0 spiro atoms. The molecule has 0 aliphatic heterocycles. The second-order valence-corrected chi connectivity index (χ2v) is 8.94. The van der Waals surface area contributed by atoms with Crippen LogP contribution in [0.25, 0.3) is 11.0 Å². The Labute approximate surface area is 206 Å². The minimum absolute atomic E-state index is 0.0712. The fraction of sp³-hybridized carbons (Fsp3) is 0.250. The Morgan fingerprint density at radius 1 is 1.15 bits per heavy atom. The number of carbonyl (C=O) groups is 2. The van der Waals surface area contributed by atoms with Crippen LogP contribution < -0.4 is 5.32 Å². The molecular weight excluding hydrogens is 474 g/mol. The number of benzene rings is 2. The third kappa shape index (κ3) is 5.44. The monoisotopic (exact) mass is 497 g/mol. The molecule has 34 heavy (non-hydrogen) atoms. The predicted molar refractivity (Wildman–Crippen MR) is 131 cm³/mol. The molecular formula is C24H24ClN5O3S. The maximum absolute atomic E-state index is 13.7. The molecule has 0 aliphatic carbocycles. The Morgan fingerprint density at radius 3 is 2.71 bits per heavy atom. The number of rotatable bonds is 10. The SMILES string of the molecule is COCCNC(=O)C(c1cccs1)N(Cc1ccccc1Cl)C(=O)Cn1nnc2ccccc21. The number of halogens is 1. The van der Waals surface area contributed by atoms with Gasteiger partial charge in [-0.25, -0.2) is 4.68 Å². The van der Waals surface area contributed by atoms with Crippen molar-refractivity contribution >= 4 is 45.8 Å². The molecule has 1 N–H and O–H groups in total. The number of thiophene rings is 1. The van der Waals surface area contributed by atoms with Gasteiger partial charge in [0.1, 0.15) is 18.1 Å². The lowest BCUT2D eigenvalue weighted by Crippen LogP contribution is -2.45. The number of nitrogens with one attached hydrogen (secondary N) is 1. The van der Waals surface area contributed by atoms with Gasteiger partial charge in [0, 0.05) is 30.1 Å². The van der Waals surface area contributed by atoms with Crippen molar-refractivity contribution in [3.8, 4) is 0 Å². The van der Waals surface area contributed by atoms with Crippen LogP contribution in [0.2, 0.25) is 5.02 Å². The summed E-state index contributed by atoms with van der Waals surface area (Å²) < 4.78 is 6.61. The normalized spacial score (nSPS) is 11.9. The molecule has 0 saturated heterocycles. The molecule has 176 valence electrons. The first kappa shape index (κ1) is 23.9. The van der Waals surface area contributed by atoms with Gasteiger partial charge in [0.25, 0.3) is 0 Å². The topological polar surface area (TPSA) is 89.4 Å². The van der Waals surface area contributed by atoms with Crippen LogP contribution in [0.5, 0.6) is 0 Å². The zero-order valence-corrected chi connectivity index (χ0v) is 20.1. The summed E-state index contributed by atoms with van der Waals surface area (Å²) >= 11 is 7.84. The zero-order chi connectivity index (χ0) is 23.9. The highest BCUT2D eigenvalue weighted by Crippen LogP contribution is 2.29. The molecule has 2 heterocycles. The van der Waals surface area contributed by atoms with Crippen molar-refractivity contribution in [2.24, 2.45) is 0 Å². The summed E-state index contributed by atoms with van der Waals surface area (Å²) in [6.45, 7) is 0.787. The lowest BCUT2D eigenvalue weighted by Gasteiger charge is -2.31. The van der Waals surface area contributed by atoms with E-state index in [4.69, 9.17) is 16.3 Å². The van der Waals surface area contributed by atoms with E-state index < -0.39 is 6.04 Å². The molecule has 0 saturated carbocycles. The van der Waals surface area contributed by atoms with Crippen molar-refractivity contribution < 1.29 is 14.3 Å². The first-order valence-electron chi connectivity index (χ1n) is 10.7. The van der Waals surface area contributed by atoms with Gasteiger partial charge in [-0.3, -0.25) is 9.59 Å². The van der Waals surface area contributed by atoms with Gasteiger partial charge in [-0.05, 0) is 35.2 Å². The fourth-order valence-electron chi connectivity index (χ4n) is 3.63. The molecule has 2 amide bonds. The molecule has 0 fully saturated rings. The number of carbonyl (C=O) groups excluding carboxylic acids is 2. The molecule has 2 aromatic heterocycles. The number of fused-ring (bicyclic) bond motifs is 1. The number of para-hydroxylation sites is 1. The van der Waals surface area contributed by atoms with E-state index in [0.717, 1.165) is 16.0 Å². The Hall–Kier alpha value is -3.27. The Bertz CT molecular complexity index is 1260. The summed E-state index contributed by atoms with van der Waals surface area (Å²) in [6, 6.07) is 17.6. The van der Waals surface area contributed by atoms with Gasteiger partial charge in [-0.1, -0.05) is 53.2 Å². The van der Waals surface area contributed by atoms with E-state index in [1.807, 2.05) is 60.0 Å². The summed E-state index contributed by atoms with van der Waals surface area (Å²) in [5.41, 5.74) is 2.18. The average molecular weight is 498 g/mol. The van der Waals surface area contributed by atoms with Crippen LogP contribution in [-0.2, 0) is 27.4 Å². The first-order chi connectivity index (χ1) is 16.6. The number of hydrogen-bond acceptors (Lipinski definition) is 6. The molecule has 8 nitrogen and oxygen atoms in total. The quantitative estimate of drug-likeness (QED) is 0.338. The summed E-state index contributed by atoms with van der Waals surface area (Å²) in [5.74, 6) is -0.570. The summed E-state index contributed by atoms with van der Waals surface area (Å²) in [4.78, 5) is 29.4. The molecule has 0 radical (unpaired) electrons. The minimum atomic E-state index is -0.838. The highest BCUT2D eigenvalue weighted by atomic mass is 35.5. The van der Waals surface area contributed by atoms with E-state index in [2.05, 4.69) is 15.6 Å². The van der Waals surface area contributed by atoms with Crippen LogP contribution in [0, 0.1) is 0 Å². The van der Waals surface area contributed by atoms with Crippen molar-refractivity contribution in [1.82, 2.24) is 25.2 Å². The van der Waals surface area contributed by atoms with Crippen molar-refractivity contribution in [3.63, 3.8) is 0 Å². The Kier molecular flexibility index (Phi) is 7.89. The van der Waals surface area contributed by atoms with Gasteiger partial charge >= 0.3 is 0 Å². The molecule has 0 aliphatic rings. The Morgan fingerprint density at radius 2 is 1.94 bits per heavy atom. The van der Waals surface area contributed by atoms with Crippen molar-refractivity contribution in [1.29, 1.82) is 0 Å². The first-order valence-corrected chi connectivity index (χ1v) is 12.0. The van der Waals surface area contributed by atoms with Crippen LogP contribution in [-0.4, -0.2) is 52.0 Å². The molecule has 4 aromatic rings. The molecule has 1 atom stereocenters. The fourth-order valence-corrected chi connectivity index (χ4v) is 4.66. The zero-order valence-electron chi connectivity index (χ0n) is 18.6. The van der Waals surface area contributed by atoms with E-state index >= 15 is 0 Å². The van der Waals surface area contributed by atoms with E-state index in [1.54, 1.807) is 22.8 Å². The van der Waals surface area contributed by atoms with Crippen molar-refractivity contribution in [2.45, 2.75) is 19.1 Å². The molecule has 10 heteroatoms. The highest BCUT2D eigenvalue weighted by molar-refractivity contribution is 7.10. The smallest absolute Gasteiger partial charge is 0.248 e. The van der Waals surface area contributed by atoms with Gasteiger partial charge in [-0.2, -0.15) is 0 Å². The second-order valence-electron chi connectivity index (χ2n) is 7.55. The number of nitrogens with zero attached hydrogens (tertiary/aromatic N) is 4. The largest absolute Gasteiger partial charge is 0.383 e. The number of amides is 2. The molecule has 1 unspecified atom stereocenters. The van der Waals surface area contributed by atoms with Crippen LogP contribution >= 0.6 is 22.9 Å². The van der Waals surface area contributed by atoms with E-state index in [9.17, 15) is 9.59 Å². The lowest BCUT2D eigenvalue weighted by atomic mass is 10.1. The van der Waals surface area contributed by atoms with Crippen molar-refractivity contribution in [2.75, 3.05) is 20.3 Å². The highest BCUT2D eigenvalue weighted by Gasteiger charge is 2.33. The maximum Gasteiger partial charge on any atom is 0.248 e. The molecule has 2 aromatic carbocycles. The lowest BCUT2D eigenvalue weighted by molar-refractivity contribution is -0.142. The average Bonchev–Trinajstić information content (AvgIpc) is 3.51. The van der Waals surface area contributed by atoms with Crippen LogP contribution in [0.3, 0.4) is 0 Å². The molecule has 0 bridgehead atoms. The van der Waals surface area contributed by atoms with Gasteiger partial charge in [0.15, 0.2) is 0 Å². The number of hydrogen-bond donors (Lipinski definition) is 1. The van der Waals surface area contributed by atoms with E-state index in [1.165, 1.54) is 11.3 Å². The van der Waals surface area contributed by atoms with Crippen molar-refractivity contribution in [3.05, 3.63) is 81.5 Å². The van der Waals surface area contributed by atoms with E-state index in [-0.39, 0.29) is 24.9 Å². The number of aromatic nitrogens is 3. The predicted octanol–water partition coefficient (Wildman–Crippen LogP) is 3.68. The number of ether oxygens (including phenoxy) is 1. The minimum Gasteiger partial charge on any atom is -0.383 e. The second kappa shape index (κ2) is 11.2. The third-order valence-electron chi connectivity index (χ3n) is 5.30. The maximum atomic E-state index is 13.7. The summed E-state index contributed by atoms with van der Waals surface area (Å²) in [6.07, 6.45) is 0. The molecule has 4 rings (SSSR count). The van der Waals surface area contributed by atoms with Gasteiger partial charge < -0.3 is 15.0 Å². The van der Waals surface area contributed by atoms with Crippen LogP contribution in [0.4, 0.5) is 0 Å².